The van der Waals surface area contributed by atoms with Gasteiger partial charge in [-0.15, -0.1) is 0 Å². The summed E-state index contributed by atoms with van der Waals surface area (Å²) in [6.07, 6.45) is -0.127. The van der Waals surface area contributed by atoms with Crippen molar-refractivity contribution in [3.8, 4) is 0 Å². The lowest BCUT2D eigenvalue weighted by Gasteiger charge is -2.18. The van der Waals surface area contributed by atoms with Gasteiger partial charge in [-0.25, -0.2) is 4.68 Å². The standard InChI is InChI=1S/C23H26N4O4/c1-25(2)17-11-9-16(10-12-17)14-26(3)21(28)15-31-22(29)13-20-18-7-5-6-8-19(18)23(30)27(4)24-20/h5-12H,13-15H2,1-4H3. The molecule has 0 saturated carbocycles. The van der Waals surface area contributed by atoms with Gasteiger partial charge in [0.25, 0.3) is 11.5 Å². The highest BCUT2D eigenvalue weighted by Gasteiger charge is 2.16. The van der Waals surface area contributed by atoms with Crippen molar-refractivity contribution < 1.29 is 14.3 Å². The highest BCUT2D eigenvalue weighted by molar-refractivity contribution is 5.87. The normalized spacial score (nSPS) is 10.7. The monoisotopic (exact) mass is 422 g/mol. The van der Waals surface area contributed by atoms with Crippen LogP contribution >= 0.6 is 0 Å². The number of fused-ring (bicyclic) bond motifs is 1. The molecule has 0 spiro atoms. The molecule has 0 unspecified atom stereocenters. The van der Waals surface area contributed by atoms with E-state index in [0.717, 1.165) is 11.3 Å². The molecule has 0 atom stereocenters. The lowest BCUT2D eigenvalue weighted by atomic mass is 10.1. The van der Waals surface area contributed by atoms with E-state index in [1.165, 1.54) is 16.6 Å². The van der Waals surface area contributed by atoms with Gasteiger partial charge in [-0.05, 0) is 23.8 Å². The van der Waals surface area contributed by atoms with Gasteiger partial charge in [-0.3, -0.25) is 14.4 Å². The third kappa shape index (κ3) is 5.28. The SMILES string of the molecule is CN(Cc1ccc(N(C)C)cc1)C(=O)COC(=O)Cc1nn(C)c(=O)c2ccccc12. The molecule has 3 rings (SSSR count). The van der Waals surface area contributed by atoms with Gasteiger partial charge in [-0.1, -0.05) is 30.3 Å². The highest BCUT2D eigenvalue weighted by Crippen LogP contribution is 2.15. The fraction of sp³-hybridized carbons (Fsp3) is 0.304. The van der Waals surface area contributed by atoms with E-state index in [4.69, 9.17) is 4.74 Å². The quantitative estimate of drug-likeness (QED) is 0.540. The molecule has 8 heteroatoms. The van der Waals surface area contributed by atoms with Crippen LogP contribution in [0, 0.1) is 0 Å². The molecule has 2 aromatic carbocycles. The lowest BCUT2D eigenvalue weighted by molar-refractivity contribution is -0.151. The molecule has 0 bridgehead atoms. The first-order valence-electron chi connectivity index (χ1n) is 9.87. The number of amides is 1. The maximum absolute atomic E-state index is 12.4. The van der Waals surface area contributed by atoms with Crippen molar-refractivity contribution in [1.29, 1.82) is 0 Å². The molecular weight excluding hydrogens is 396 g/mol. The smallest absolute Gasteiger partial charge is 0.312 e. The van der Waals surface area contributed by atoms with Crippen LogP contribution in [0.15, 0.2) is 53.3 Å². The summed E-state index contributed by atoms with van der Waals surface area (Å²) in [7, 11) is 7.13. The molecule has 8 nitrogen and oxygen atoms in total. The van der Waals surface area contributed by atoms with Crippen LogP contribution in [0.3, 0.4) is 0 Å². The fourth-order valence-electron chi connectivity index (χ4n) is 3.21. The summed E-state index contributed by atoms with van der Waals surface area (Å²) in [5.41, 5.74) is 2.26. The predicted octanol–water partition coefficient (Wildman–Crippen LogP) is 1.74. The van der Waals surface area contributed by atoms with Gasteiger partial charge in [0.2, 0.25) is 0 Å². The number of esters is 1. The van der Waals surface area contributed by atoms with Crippen LogP contribution in [0.5, 0.6) is 0 Å². The average Bonchev–Trinajstić information content (AvgIpc) is 2.76. The molecule has 3 aromatic rings. The first-order valence-corrected chi connectivity index (χ1v) is 9.87. The Labute approximate surface area is 180 Å². The molecule has 1 heterocycles. The molecule has 0 N–H and O–H groups in total. The number of aromatic nitrogens is 2. The van der Waals surface area contributed by atoms with Gasteiger partial charge in [0, 0.05) is 45.8 Å². The van der Waals surface area contributed by atoms with Gasteiger partial charge in [0.1, 0.15) is 0 Å². The zero-order valence-electron chi connectivity index (χ0n) is 18.2. The van der Waals surface area contributed by atoms with Crippen LogP contribution in [0.4, 0.5) is 5.69 Å². The molecule has 1 amide bonds. The third-order valence-electron chi connectivity index (χ3n) is 5.00. The maximum atomic E-state index is 12.4. The second-order valence-electron chi connectivity index (χ2n) is 7.57. The van der Waals surface area contributed by atoms with Crippen molar-refractivity contribution in [3.63, 3.8) is 0 Å². The summed E-state index contributed by atoms with van der Waals surface area (Å²) in [6.45, 7) is 0.0614. The number of carbonyl (C=O) groups excluding carboxylic acids is 2. The minimum Gasteiger partial charge on any atom is -0.455 e. The van der Waals surface area contributed by atoms with Crippen molar-refractivity contribution in [2.75, 3.05) is 32.6 Å². The van der Waals surface area contributed by atoms with Crippen molar-refractivity contribution in [3.05, 3.63) is 70.1 Å². The van der Waals surface area contributed by atoms with Crippen LogP contribution in [0.25, 0.3) is 10.8 Å². The average molecular weight is 422 g/mol. The van der Waals surface area contributed by atoms with Gasteiger partial charge >= 0.3 is 5.97 Å². The Bertz CT molecular complexity index is 1150. The Morgan fingerprint density at radius 2 is 1.65 bits per heavy atom. The Balaban J connectivity index is 1.58. The van der Waals surface area contributed by atoms with Crippen LogP contribution < -0.4 is 10.5 Å². The molecular formula is C23H26N4O4. The van der Waals surface area contributed by atoms with Crippen LogP contribution in [0.2, 0.25) is 0 Å². The first kappa shape index (κ1) is 22.0. The summed E-state index contributed by atoms with van der Waals surface area (Å²) in [6, 6.07) is 14.9. The Kier molecular flexibility index (Phi) is 6.69. The van der Waals surface area contributed by atoms with E-state index in [1.807, 2.05) is 43.3 Å². The minimum absolute atomic E-state index is 0.127. The fourth-order valence-corrected chi connectivity index (χ4v) is 3.21. The van der Waals surface area contributed by atoms with Crippen LogP contribution in [-0.4, -0.2) is 54.3 Å². The summed E-state index contributed by atoms with van der Waals surface area (Å²) in [4.78, 5) is 40.4. The molecule has 0 aliphatic carbocycles. The Morgan fingerprint density at radius 3 is 2.29 bits per heavy atom. The molecule has 162 valence electrons. The number of hydrogen-bond acceptors (Lipinski definition) is 6. The van der Waals surface area contributed by atoms with Crippen LogP contribution in [0.1, 0.15) is 11.3 Å². The zero-order chi connectivity index (χ0) is 22.5. The first-order chi connectivity index (χ1) is 14.8. The minimum atomic E-state index is -0.576. The third-order valence-corrected chi connectivity index (χ3v) is 5.00. The molecule has 0 aliphatic rings. The summed E-state index contributed by atoms with van der Waals surface area (Å²) in [5.74, 6) is -0.878. The van der Waals surface area contributed by atoms with E-state index in [9.17, 15) is 14.4 Å². The van der Waals surface area contributed by atoms with E-state index in [2.05, 4.69) is 5.10 Å². The van der Waals surface area contributed by atoms with Crippen molar-refractivity contribution in [2.45, 2.75) is 13.0 Å². The van der Waals surface area contributed by atoms with E-state index in [-0.39, 0.29) is 24.5 Å². The molecule has 0 radical (unpaired) electrons. The number of hydrogen-bond donors (Lipinski definition) is 0. The summed E-state index contributed by atoms with van der Waals surface area (Å²) < 4.78 is 6.37. The van der Waals surface area contributed by atoms with E-state index >= 15 is 0 Å². The van der Waals surface area contributed by atoms with E-state index in [1.54, 1.807) is 31.3 Å². The van der Waals surface area contributed by atoms with Crippen molar-refractivity contribution in [1.82, 2.24) is 14.7 Å². The molecule has 1 aromatic heterocycles. The lowest BCUT2D eigenvalue weighted by Crippen LogP contribution is -2.31. The predicted molar refractivity (Wildman–Crippen MR) is 119 cm³/mol. The number of anilines is 1. The van der Waals surface area contributed by atoms with Gasteiger partial charge in [0.05, 0.1) is 17.5 Å². The number of rotatable bonds is 7. The number of likely N-dealkylation sites (N-methyl/N-ethyl adjacent to an activating group) is 1. The number of nitrogens with zero attached hydrogens (tertiary/aromatic N) is 4. The Morgan fingerprint density at radius 1 is 1.00 bits per heavy atom. The van der Waals surface area contributed by atoms with Crippen molar-refractivity contribution >= 4 is 28.3 Å². The largest absolute Gasteiger partial charge is 0.455 e. The number of benzene rings is 2. The Hall–Kier alpha value is -3.68. The van der Waals surface area contributed by atoms with E-state index in [0.29, 0.717) is 23.0 Å². The molecule has 0 fully saturated rings. The number of aryl methyl sites for hydroxylation is 1. The van der Waals surface area contributed by atoms with Gasteiger partial charge in [0.15, 0.2) is 6.61 Å². The molecule has 0 saturated heterocycles. The summed E-state index contributed by atoms with van der Waals surface area (Å²) >= 11 is 0. The van der Waals surface area contributed by atoms with Gasteiger partial charge in [-0.2, -0.15) is 5.10 Å². The zero-order valence-corrected chi connectivity index (χ0v) is 18.2. The van der Waals surface area contributed by atoms with E-state index < -0.39 is 5.97 Å². The molecule has 0 aliphatic heterocycles. The molecule has 31 heavy (non-hydrogen) atoms. The maximum Gasteiger partial charge on any atom is 0.312 e. The van der Waals surface area contributed by atoms with Crippen LogP contribution in [-0.2, 0) is 34.3 Å². The second-order valence-corrected chi connectivity index (χ2v) is 7.57. The number of carbonyl (C=O) groups is 2. The number of ether oxygens (including phenoxy) is 1. The van der Waals surface area contributed by atoms with Crippen molar-refractivity contribution in [2.24, 2.45) is 7.05 Å². The topological polar surface area (TPSA) is 84.7 Å². The summed E-state index contributed by atoms with van der Waals surface area (Å²) in [5, 5.41) is 5.27. The van der Waals surface area contributed by atoms with Gasteiger partial charge < -0.3 is 14.5 Å². The second kappa shape index (κ2) is 9.42. The highest BCUT2D eigenvalue weighted by atomic mass is 16.5.